The fraction of sp³-hybridized carbons (Fsp3) is 0.231. The summed E-state index contributed by atoms with van der Waals surface area (Å²) in [5.41, 5.74) is 2.62. The first-order valence-corrected chi connectivity index (χ1v) is 5.45. The first-order valence-electron chi connectivity index (χ1n) is 5.45. The molecule has 5 nitrogen and oxygen atoms in total. The van der Waals surface area contributed by atoms with Gasteiger partial charge in [0.1, 0.15) is 5.75 Å². The van der Waals surface area contributed by atoms with Crippen LogP contribution in [0.25, 0.3) is 11.3 Å². The van der Waals surface area contributed by atoms with Crippen molar-refractivity contribution < 1.29 is 19.2 Å². The number of rotatable bonds is 4. The Balaban J connectivity index is 2.45. The molecule has 0 radical (unpaired) electrons. The van der Waals surface area contributed by atoms with E-state index in [4.69, 9.17) is 14.4 Å². The van der Waals surface area contributed by atoms with Crippen LogP contribution in [0.1, 0.15) is 11.1 Å². The lowest BCUT2D eigenvalue weighted by Crippen LogP contribution is -2.10. The van der Waals surface area contributed by atoms with Crippen molar-refractivity contribution in [1.82, 2.24) is 5.16 Å². The van der Waals surface area contributed by atoms with E-state index in [0.29, 0.717) is 17.1 Å². The fourth-order valence-electron chi connectivity index (χ4n) is 1.82. The van der Waals surface area contributed by atoms with E-state index >= 15 is 0 Å². The second kappa shape index (κ2) is 4.91. The molecule has 0 saturated carbocycles. The topological polar surface area (TPSA) is 72.6 Å². The second-order valence-corrected chi connectivity index (χ2v) is 4.02. The summed E-state index contributed by atoms with van der Waals surface area (Å²) in [5.74, 6) is 0.0560. The maximum absolute atomic E-state index is 10.6. The van der Waals surface area contributed by atoms with Crippen molar-refractivity contribution in [1.29, 1.82) is 0 Å². The van der Waals surface area contributed by atoms with Crippen LogP contribution >= 0.6 is 0 Å². The first kappa shape index (κ1) is 12.2. The lowest BCUT2D eigenvalue weighted by Gasteiger charge is -2.12. The zero-order chi connectivity index (χ0) is 13.1. The van der Waals surface area contributed by atoms with Gasteiger partial charge in [-0.05, 0) is 31.0 Å². The molecular weight excluding hydrogens is 234 g/mol. The van der Waals surface area contributed by atoms with Gasteiger partial charge in [0.25, 0.3) is 0 Å². The molecule has 0 spiro atoms. The Labute approximate surface area is 104 Å². The number of aliphatic carboxylic acids is 1. The molecule has 0 bridgehead atoms. The molecule has 0 fully saturated rings. The van der Waals surface area contributed by atoms with Crippen LogP contribution in [-0.4, -0.2) is 22.8 Å². The summed E-state index contributed by atoms with van der Waals surface area (Å²) < 4.78 is 10.4. The van der Waals surface area contributed by atoms with E-state index < -0.39 is 5.97 Å². The van der Waals surface area contributed by atoms with Crippen LogP contribution in [0.15, 0.2) is 28.9 Å². The molecular formula is C13H13NO4. The third-order valence-electron chi connectivity index (χ3n) is 2.46. The zero-order valence-electron chi connectivity index (χ0n) is 10.1. The van der Waals surface area contributed by atoms with Gasteiger partial charge < -0.3 is 14.4 Å². The smallest absolute Gasteiger partial charge is 0.341 e. The van der Waals surface area contributed by atoms with Crippen molar-refractivity contribution in [2.75, 3.05) is 6.61 Å². The maximum atomic E-state index is 10.6. The minimum absolute atomic E-state index is 0.384. The molecule has 1 N–H and O–H groups in total. The molecule has 0 amide bonds. The Kier molecular flexibility index (Phi) is 3.32. The Morgan fingerprint density at radius 1 is 1.44 bits per heavy atom. The van der Waals surface area contributed by atoms with Crippen LogP contribution in [-0.2, 0) is 4.79 Å². The van der Waals surface area contributed by atoms with Gasteiger partial charge in [-0.1, -0.05) is 11.2 Å². The minimum atomic E-state index is -1.02. The van der Waals surface area contributed by atoms with E-state index in [1.165, 1.54) is 6.20 Å². The number of benzene rings is 1. The van der Waals surface area contributed by atoms with Crippen LogP contribution in [0, 0.1) is 13.8 Å². The highest BCUT2D eigenvalue weighted by Crippen LogP contribution is 2.34. The summed E-state index contributed by atoms with van der Waals surface area (Å²) in [5, 5.41) is 12.3. The number of carboxylic acids is 1. The molecule has 0 saturated heterocycles. The first-order chi connectivity index (χ1) is 8.58. The third kappa shape index (κ3) is 2.51. The third-order valence-corrected chi connectivity index (χ3v) is 2.46. The molecule has 0 atom stereocenters. The van der Waals surface area contributed by atoms with E-state index in [2.05, 4.69) is 5.16 Å². The van der Waals surface area contributed by atoms with Gasteiger partial charge in [0.15, 0.2) is 12.4 Å². The number of carbonyl (C=O) groups is 1. The number of aromatic nitrogens is 1. The van der Waals surface area contributed by atoms with Crippen LogP contribution in [0.4, 0.5) is 0 Å². The Morgan fingerprint density at radius 3 is 2.83 bits per heavy atom. The predicted molar refractivity (Wildman–Crippen MR) is 64.5 cm³/mol. The molecule has 18 heavy (non-hydrogen) atoms. The summed E-state index contributed by atoms with van der Waals surface area (Å²) in [6.07, 6.45) is 1.54. The van der Waals surface area contributed by atoms with Gasteiger partial charge in [-0.3, -0.25) is 0 Å². The van der Waals surface area contributed by atoms with E-state index in [1.807, 2.05) is 26.0 Å². The van der Waals surface area contributed by atoms with Gasteiger partial charge in [0.2, 0.25) is 0 Å². The lowest BCUT2D eigenvalue weighted by atomic mass is 10.0. The fourth-order valence-corrected chi connectivity index (χ4v) is 1.82. The summed E-state index contributed by atoms with van der Waals surface area (Å²) in [4.78, 5) is 10.6. The number of ether oxygens (including phenoxy) is 1. The molecule has 94 valence electrons. The summed E-state index contributed by atoms with van der Waals surface area (Å²) in [6, 6.07) is 5.52. The Bertz CT molecular complexity index is 561. The molecule has 0 unspecified atom stereocenters. The quantitative estimate of drug-likeness (QED) is 0.898. The average Bonchev–Trinajstić information content (AvgIpc) is 2.79. The number of hydrogen-bond acceptors (Lipinski definition) is 4. The molecule has 2 rings (SSSR count). The molecule has 0 aliphatic carbocycles. The largest absolute Gasteiger partial charge is 0.481 e. The van der Waals surface area contributed by atoms with Crippen molar-refractivity contribution in [2.24, 2.45) is 0 Å². The highest BCUT2D eigenvalue weighted by atomic mass is 16.5. The van der Waals surface area contributed by atoms with Crippen molar-refractivity contribution in [3.05, 3.63) is 35.5 Å². The second-order valence-electron chi connectivity index (χ2n) is 4.02. The van der Waals surface area contributed by atoms with Gasteiger partial charge in [-0.15, -0.1) is 0 Å². The molecule has 5 heteroatoms. The molecule has 0 aliphatic rings. The van der Waals surface area contributed by atoms with Crippen LogP contribution in [0.3, 0.4) is 0 Å². The number of hydrogen-bond donors (Lipinski definition) is 1. The van der Waals surface area contributed by atoms with Crippen molar-refractivity contribution >= 4 is 5.97 Å². The van der Waals surface area contributed by atoms with Gasteiger partial charge in [-0.25, -0.2) is 4.79 Å². The number of carboxylic acid groups (broad SMARTS) is 1. The highest BCUT2D eigenvalue weighted by molar-refractivity contribution is 5.72. The number of nitrogens with zero attached hydrogens (tertiary/aromatic N) is 1. The van der Waals surface area contributed by atoms with E-state index in [0.717, 1.165) is 11.1 Å². The SMILES string of the molecule is Cc1cc(C)c(OCC(=O)O)c(-c2ccno2)c1. The predicted octanol–water partition coefficient (Wildman–Crippen LogP) is 2.42. The lowest BCUT2D eigenvalue weighted by molar-refractivity contribution is -0.139. The van der Waals surface area contributed by atoms with Crippen molar-refractivity contribution in [3.8, 4) is 17.1 Å². The van der Waals surface area contributed by atoms with Crippen LogP contribution < -0.4 is 4.74 Å². The molecule has 2 aromatic rings. The van der Waals surface area contributed by atoms with Crippen LogP contribution in [0.5, 0.6) is 5.75 Å². The van der Waals surface area contributed by atoms with E-state index in [9.17, 15) is 4.79 Å². The standard InChI is InChI=1S/C13H13NO4/c1-8-5-9(2)13(17-7-12(15)16)10(6-8)11-3-4-14-18-11/h3-6H,7H2,1-2H3,(H,15,16). The van der Waals surface area contributed by atoms with Gasteiger partial charge >= 0.3 is 5.97 Å². The van der Waals surface area contributed by atoms with E-state index in [1.54, 1.807) is 6.07 Å². The molecule has 0 aliphatic heterocycles. The van der Waals surface area contributed by atoms with Gasteiger partial charge in [-0.2, -0.15) is 0 Å². The molecule has 1 aromatic carbocycles. The van der Waals surface area contributed by atoms with Gasteiger partial charge in [0.05, 0.1) is 11.8 Å². The zero-order valence-corrected chi connectivity index (χ0v) is 10.1. The monoisotopic (exact) mass is 247 g/mol. The van der Waals surface area contributed by atoms with Gasteiger partial charge in [0, 0.05) is 6.07 Å². The van der Waals surface area contributed by atoms with Crippen LogP contribution in [0.2, 0.25) is 0 Å². The van der Waals surface area contributed by atoms with Crippen molar-refractivity contribution in [3.63, 3.8) is 0 Å². The van der Waals surface area contributed by atoms with E-state index in [-0.39, 0.29) is 6.61 Å². The normalized spacial score (nSPS) is 10.3. The summed E-state index contributed by atoms with van der Waals surface area (Å²) in [7, 11) is 0. The Hall–Kier alpha value is -2.30. The maximum Gasteiger partial charge on any atom is 0.341 e. The molecule has 1 aromatic heterocycles. The molecule has 1 heterocycles. The minimum Gasteiger partial charge on any atom is -0.481 e. The summed E-state index contributed by atoms with van der Waals surface area (Å²) >= 11 is 0. The average molecular weight is 247 g/mol. The number of aryl methyl sites for hydroxylation is 2. The van der Waals surface area contributed by atoms with Crippen molar-refractivity contribution in [2.45, 2.75) is 13.8 Å². The summed E-state index contributed by atoms with van der Waals surface area (Å²) in [6.45, 7) is 3.43. The highest BCUT2D eigenvalue weighted by Gasteiger charge is 2.14. The Morgan fingerprint density at radius 2 is 2.22 bits per heavy atom.